The fourth-order valence-corrected chi connectivity index (χ4v) is 3.59. The van der Waals surface area contributed by atoms with E-state index in [1.165, 1.54) is 18.3 Å². The number of anilines is 2. The topological polar surface area (TPSA) is 64.8 Å². The number of nitrogens with zero attached hydrogens (tertiary/aromatic N) is 1. The summed E-state index contributed by atoms with van der Waals surface area (Å²) in [5, 5.41) is 0.962. The average molecular weight is 284 g/mol. The van der Waals surface area contributed by atoms with Crippen LogP contribution in [0.25, 0.3) is 0 Å². The van der Waals surface area contributed by atoms with E-state index < -0.39 is 0 Å². The summed E-state index contributed by atoms with van der Waals surface area (Å²) < 4.78 is 10.6. The number of nitrogens with two attached hydrogens (primary N) is 1. The van der Waals surface area contributed by atoms with Crippen LogP contribution in [0, 0.1) is 5.92 Å². The lowest BCUT2D eigenvalue weighted by atomic mass is 10.1. The number of thiophene rings is 1. The van der Waals surface area contributed by atoms with Gasteiger partial charge in [-0.05, 0) is 6.42 Å². The molecule has 0 saturated carbocycles. The first kappa shape index (κ1) is 14.1. The molecular weight excluding hydrogens is 264 g/mol. The van der Waals surface area contributed by atoms with Gasteiger partial charge in [0.05, 0.1) is 24.3 Å². The summed E-state index contributed by atoms with van der Waals surface area (Å²) in [5.41, 5.74) is 6.45. The first-order valence-electron chi connectivity index (χ1n) is 6.29. The molecule has 0 spiro atoms. The molecule has 1 aliphatic rings. The van der Waals surface area contributed by atoms with E-state index in [1.807, 2.05) is 0 Å². The minimum atomic E-state index is -0.0142. The van der Waals surface area contributed by atoms with E-state index in [1.54, 1.807) is 14.2 Å². The number of ether oxygens (including phenoxy) is 2. The molecule has 1 saturated heterocycles. The van der Waals surface area contributed by atoms with E-state index in [-0.39, 0.29) is 5.78 Å². The third-order valence-electron chi connectivity index (χ3n) is 3.38. The number of nitrogen functional groups attached to an aromatic ring is 1. The van der Waals surface area contributed by atoms with Crippen LogP contribution in [0.1, 0.15) is 23.0 Å². The van der Waals surface area contributed by atoms with Gasteiger partial charge in [-0.3, -0.25) is 4.79 Å². The molecule has 2 rings (SSSR count). The first-order chi connectivity index (χ1) is 9.08. The molecule has 2 N–H and O–H groups in total. The Morgan fingerprint density at radius 3 is 2.84 bits per heavy atom. The third-order valence-corrected chi connectivity index (χ3v) is 4.73. The summed E-state index contributed by atoms with van der Waals surface area (Å²) in [6.07, 6.45) is 1.09. The standard InChI is InChI=1S/C13H20N2O3S/c1-8(16)12-10(14)11(18-3)13(19-12)15-5-4-9(6-15)7-17-2/h9H,4-7,14H2,1-3H3. The Hall–Kier alpha value is -1.27. The molecule has 106 valence electrons. The minimum absolute atomic E-state index is 0.0142. The van der Waals surface area contributed by atoms with E-state index in [4.69, 9.17) is 15.2 Å². The summed E-state index contributed by atoms with van der Waals surface area (Å²) in [7, 11) is 3.31. The summed E-state index contributed by atoms with van der Waals surface area (Å²) >= 11 is 1.42. The Balaban J connectivity index is 2.25. The van der Waals surface area contributed by atoms with Crippen molar-refractivity contribution in [1.82, 2.24) is 0 Å². The number of carbonyl (C=O) groups is 1. The summed E-state index contributed by atoms with van der Waals surface area (Å²) in [5.74, 6) is 1.15. The quantitative estimate of drug-likeness (QED) is 0.838. The summed E-state index contributed by atoms with van der Waals surface area (Å²) in [6.45, 7) is 4.16. The highest BCUT2D eigenvalue weighted by molar-refractivity contribution is 7.19. The lowest BCUT2D eigenvalue weighted by Crippen LogP contribution is -2.20. The number of carbonyl (C=O) groups excluding carboxylic acids is 1. The van der Waals surface area contributed by atoms with Gasteiger partial charge < -0.3 is 20.1 Å². The smallest absolute Gasteiger partial charge is 0.177 e. The largest absolute Gasteiger partial charge is 0.492 e. The molecule has 2 heterocycles. The highest BCUT2D eigenvalue weighted by Gasteiger charge is 2.29. The van der Waals surface area contributed by atoms with Crippen molar-refractivity contribution in [2.75, 3.05) is 44.5 Å². The molecule has 0 bridgehead atoms. The fourth-order valence-electron chi connectivity index (χ4n) is 2.47. The molecule has 1 unspecified atom stereocenters. The fraction of sp³-hybridized carbons (Fsp3) is 0.615. The summed E-state index contributed by atoms with van der Waals surface area (Å²) in [4.78, 5) is 14.4. The third kappa shape index (κ3) is 2.69. The molecule has 0 amide bonds. The highest BCUT2D eigenvalue weighted by atomic mass is 32.1. The van der Waals surface area contributed by atoms with Gasteiger partial charge in [0.1, 0.15) is 5.00 Å². The number of methoxy groups -OCH3 is 2. The van der Waals surface area contributed by atoms with Gasteiger partial charge in [0.25, 0.3) is 0 Å². The zero-order valence-corrected chi connectivity index (χ0v) is 12.4. The molecule has 1 aromatic rings. The normalized spacial score (nSPS) is 18.9. The number of rotatable bonds is 5. The molecule has 1 atom stereocenters. The number of ketones is 1. The van der Waals surface area contributed by atoms with Gasteiger partial charge in [-0.2, -0.15) is 0 Å². The van der Waals surface area contributed by atoms with E-state index in [2.05, 4.69) is 4.90 Å². The lowest BCUT2D eigenvalue weighted by Gasteiger charge is -2.18. The van der Waals surface area contributed by atoms with Crippen molar-refractivity contribution < 1.29 is 14.3 Å². The first-order valence-corrected chi connectivity index (χ1v) is 7.11. The van der Waals surface area contributed by atoms with Gasteiger partial charge >= 0.3 is 0 Å². The second-order valence-corrected chi connectivity index (χ2v) is 5.79. The molecule has 5 nitrogen and oxygen atoms in total. The molecule has 6 heteroatoms. The lowest BCUT2D eigenvalue weighted by molar-refractivity contribution is 0.102. The number of hydrogen-bond acceptors (Lipinski definition) is 6. The van der Waals surface area contributed by atoms with E-state index in [0.29, 0.717) is 22.2 Å². The molecule has 0 aromatic carbocycles. The zero-order valence-electron chi connectivity index (χ0n) is 11.6. The molecule has 1 fully saturated rings. The van der Waals surface area contributed by atoms with Crippen molar-refractivity contribution in [3.63, 3.8) is 0 Å². The maximum absolute atomic E-state index is 11.6. The Labute approximate surface area is 117 Å². The van der Waals surface area contributed by atoms with Crippen molar-refractivity contribution in [3.05, 3.63) is 4.88 Å². The Morgan fingerprint density at radius 2 is 2.26 bits per heavy atom. The van der Waals surface area contributed by atoms with Crippen molar-refractivity contribution in [3.8, 4) is 5.75 Å². The van der Waals surface area contributed by atoms with E-state index >= 15 is 0 Å². The molecule has 0 radical (unpaired) electrons. The Kier molecular flexibility index (Phi) is 4.31. The maximum atomic E-state index is 11.6. The second-order valence-electron chi connectivity index (χ2n) is 4.80. The number of hydrogen-bond donors (Lipinski definition) is 1. The van der Waals surface area contributed by atoms with Crippen LogP contribution in [-0.4, -0.2) is 39.7 Å². The minimum Gasteiger partial charge on any atom is -0.492 e. The SMILES string of the molecule is COCC1CCN(c2sc(C(C)=O)c(N)c2OC)C1. The van der Waals surface area contributed by atoms with E-state index in [9.17, 15) is 4.79 Å². The van der Waals surface area contributed by atoms with Gasteiger partial charge in [-0.1, -0.05) is 0 Å². The van der Waals surface area contributed by atoms with E-state index in [0.717, 1.165) is 31.1 Å². The van der Waals surface area contributed by atoms with Crippen LogP contribution in [0.5, 0.6) is 5.75 Å². The maximum Gasteiger partial charge on any atom is 0.177 e. The van der Waals surface area contributed by atoms with Gasteiger partial charge in [0.2, 0.25) is 0 Å². The molecule has 1 aliphatic heterocycles. The molecular formula is C13H20N2O3S. The van der Waals surface area contributed by atoms with Crippen LogP contribution in [-0.2, 0) is 4.74 Å². The Bertz CT molecular complexity index is 473. The van der Waals surface area contributed by atoms with Crippen molar-refractivity contribution in [2.24, 2.45) is 5.92 Å². The summed E-state index contributed by atoms with van der Waals surface area (Å²) in [6, 6.07) is 0. The molecule has 0 aliphatic carbocycles. The predicted molar refractivity (Wildman–Crippen MR) is 77.5 cm³/mol. The Morgan fingerprint density at radius 1 is 1.53 bits per heavy atom. The van der Waals surface area contributed by atoms with Crippen LogP contribution < -0.4 is 15.4 Å². The van der Waals surface area contributed by atoms with Gasteiger partial charge in [-0.15, -0.1) is 11.3 Å². The van der Waals surface area contributed by atoms with Crippen LogP contribution in [0.3, 0.4) is 0 Å². The predicted octanol–water partition coefficient (Wildman–Crippen LogP) is 2.01. The van der Waals surface area contributed by atoms with Crippen molar-refractivity contribution in [1.29, 1.82) is 0 Å². The van der Waals surface area contributed by atoms with Gasteiger partial charge in [0.15, 0.2) is 11.5 Å². The molecule has 19 heavy (non-hydrogen) atoms. The molecule has 1 aromatic heterocycles. The van der Waals surface area contributed by atoms with Crippen LogP contribution in [0.4, 0.5) is 10.7 Å². The second kappa shape index (κ2) is 5.79. The average Bonchev–Trinajstić information content (AvgIpc) is 2.93. The highest BCUT2D eigenvalue weighted by Crippen LogP contribution is 2.46. The van der Waals surface area contributed by atoms with Crippen LogP contribution in [0.15, 0.2) is 0 Å². The van der Waals surface area contributed by atoms with Gasteiger partial charge in [0, 0.05) is 33.0 Å². The van der Waals surface area contributed by atoms with Crippen molar-refractivity contribution in [2.45, 2.75) is 13.3 Å². The van der Waals surface area contributed by atoms with Crippen LogP contribution in [0.2, 0.25) is 0 Å². The zero-order chi connectivity index (χ0) is 14.0. The number of Topliss-reactive ketones (excluding diaryl/α,β-unsaturated/α-hetero) is 1. The monoisotopic (exact) mass is 284 g/mol. The van der Waals surface area contributed by atoms with Gasteiger partial charge in [-0.25, -0.2) is 0 Å². The van der Waals surface area contributed by atoms with Crippen molar-refractivity contribution >= 4 is 27.8 Å². The van der Waals surface area contributed by atoms with Crippen LogP contribution >= 0.6 is 11.3 Å².